The van der Waals surface area contributed by atoms with Crippen LogP contribution in [0.3, 0.4) is 0 Å². The summed E-state index contributed by atoms with van der Waals surface area (Å²) in [6.07, 6.45) is 7.30. The summed E-state index contributed by atoms with van der Waals surface area (Å²) in [6, 6.07) is -2.27. The third kappa shape index (κ3) is 14.9. The van der Waals surface area contributed by atoms with Crippen LogP contribution in [0, 0.1) is 11.8 Å². The van der Waals surface area contributed by atoms with Crippen LogP contribution in [-0.2, 0) is 19.1 Å². The van der Waals surface area contributed by atoms with Crippen LogP contribution >= 0.6 is 0 Å². The summed E-state index contributed by atoms with van der Waals surface area (Å²) >= 11 is 0. The SMILES string of the molecule is CCCCNC(=O)C(C)CC(O)C1CC(C)CCCCCCCC(NC(=O)OC(C)(C)C)C(=O)NC(C)C(=O)N1. The molecule has 40 heavy (non-hydrogen) atoms. The molecule has 5 N–H and O–H groups in total. The first-order valence-electron chi connectivity index (χ1n) is 15.3. The Bertz CT molecular complexity index is 800. The van der Waals surface area contributed by atoms with Gasteiger partial charge in [0.25, 0.3) is 0 Å². The van der Waals surface area contributed by atoms with E-state index in [9.17, 15) is 24.3 Å². The van der Waals surface area contributed by atoms with Gasteiger partial charge in [-0.25, -0.2) is 4.79 Å². The van der Waals surface area contributed by atoms with Gasteiger partial charge in [0.2, 0.25) is 17.7 Å². The molecule has 232 valence electrons. The predicted octanol–water partition coefficient (Wildman–Crippen LogP) is 3.94. The van der Waals surface area contributed by atoms with Crippen LogP contribution in [0.2, 0.25) is 0 Å². The fourth-order valence-electron chi connectivity index (χ4n) is 4.84. The summed E-state index contributed by atoms with van der Waals surface area (Å²) in [6.45, 7) is 13.4. The van der Waals surface area contributed by atoms with Crippen molar-refractivity contribution in [1.82, 2.24) is 21.3 Å². The molecule has 10 nitrogen and oxygen atoms in total. The van der Waals surface area contributed by atoms with Crippen LogP contribution in [-0.4, -0.2) is 65.3 Å². The minimum absolute atomic E-state index is 0.107. The minimum atomic E-state index is -0.915. The zero-order valence-electron chi connectivity index (χ0n) is 25.9. The fraction of sp³-hybridized carbons (Fsp3) is 0.867. The molecular weight excluding hydrogens is 512 g/mol. The number of carbonyl (C=O) groups is 4. The molecule has 0 aromatic carbocycles. The largest absolute Gasteiger partial charge is 0.444 e. The lowest BCUT2D eigenvalue weighted by Gasteiger charge is -2.30. The molecule has 4 amide bonds. The second-order valence-electron chi connectivity index (χ2n) is 12.6. The maximum Gasteiger partial charge on any atom is 0.408 e. The van der Waals surface area contributed by atoms with Crippen molar-refractivity contribution < 1.29 is 29.0 Å². The van der Waals surface area contributed by atoms with Crippen LogP contribution in [0.25, 0.3) is 0 Å². The van der Waals surface area contributed by atoms with Gasteiger partial charge in [-0.1, -0.05) is 65.7 Å². The summed E-state index contributed by atoms with van der Waals surface area (Å²) in [5, 5.41) is 22.3. The maximum atomic E-state index is 13.2. The van der Waals surface area contributed by atoms with E-state index in [1.54, 1.807) is 34.6 Å². The molecule has 10 heteroatoms. The minimum Gasteiger partial charge on any atom is -0.444 e. The van der Waals surface area contributed by atoms with Crippen molar-refractivity contribution in [2.24, 2.45) is 11.8 Å². The van der Waals surface area contributed by atoms with Crippen molar-refractivity contribution in [3.05, 3.63) is 0 Å². The van der Waals surface area contributed by atoms with Crippen molar-refractivity contribution in [2.75, 3.05) is 6.54 Å². The Kier molecular flexibility index (Phi) is 16.2. The van der Waals surface area contributed by atoms with Gasteiger partial charge >= 0.3 is 6.09 Å². The average molecular weight is 569 g/mol. The third-order valence-electron chi connectivity index (χ3n) is 7.27. The number of rotatable bonds is 8. The predicted molar refractivity (Wildman–Crippen MR) is 156 cm³/mol. The standard InChI is InChI=1S/C30H56N4O6/c1-8-9-17-31-26(36)21(3)19-25(35)24-18-20(2)15-13-11-10-12-14-16-23(34-29(39)40-30(5,6)7)28(38)32-22(4)27(37)33-24/h20-25,35H,8-19H2,1-7H3,(H,31,36)(H,32,38)(H,33,37)(H,34,39). The summed E-state index contributed by atoms with van der Waals surface area (Å²) in [5.41, 5.74) is -0.702. The number of hydrogen-bond donors (Lipinski definition) is 5. The first-order valence-corrected chi connectivity index (χ1v) is 15.3. The van der Waals surface area contributed by atoms with E-state index >= 15 is 0 Å². The fourth-order valence-corrected chi connectivity index (χ4v) is 4.84. The van der Waals surface area contributed by atoms with E-state index in [1.165, 1.54) is 0 Å². The number of amides is 4. The second-order valence-corrected chi connectivity index (χ2v) is 12.6. The second kappa shape index (κ2) is 18.1. The number of hydrogen-bond acceptors (Lipinski definition) is 6. The molecule has 0 saturated carbocycles. The Labute approximate surface area is 241 Å². The highest BCUT2D eigenvalue weighted by molar-refractivity contribution is 5.91. The number of alkyl carbamates (subject to hydrolysis) is 1. The molecule has 1 aliphatic heterocycles. The van der Waals surface area contributed by atoms with Crippen molar-refractivity contribution >= 4 is 23.8 Å². The Hall–Kier alpha value is -2.36. The molecule has 0 aliphatic carbocycles. The van der Waals surface area contributed by atoms with Gasteiger partial charge in [0, 0.05) is 12.5 Å². The van der Waals surface area contributed by atoms with Crippen LogP contribution < -0.4 is 21.3 Å². The number of aliphatic hydroxyl groups is 1. The van der Waals surface area contributed by atoms with Crippen molar-refractivity contribution in [2.45, 2.75) is 149 Å². The summed E-state index contributed by atoms with van der Waals surface area (Å²) in [7, 11) is 0. The monoisotopic (exact) mass is 568 g/mol. The zero-order valence-corrected chi connectivity index (χ0v) is 25.9. The Morgan fingerprint density at radius 3 is 2.27 bits per heavy atom. The van der Waals surface area contributed by atoms with Crippen molar-refractivity contribution in [3.63, 3.8) is 0 Å². The number of aliphatic hydroxyl groups excluding tert-OH is 1. The molecule has 0 bridgehead atoms. The normalized spacial score (nSPS) is 25.6. The number of unbranched alkanes of at least 4 members (excludes halogenated alkanes) is 1. The lowest BCUT2D eigenvalue weighted by atomic mass is 9.89. The molecule has 0 spiro atoms. The summed E-state index contributed by atoms with van der Waals surface area (Å²) in [5.74, 6) is -1.12. The molecule has 1 rings (SSSR count). The summed E-state index contributed by atoms with van der Waals surface area (Å²) < 4.78 is 5.34. The molecule has 6 atom stereocenters. The molecule has 1 heterocycles. The molecule has 1 aliphatic rings. The van der Waals surface area contributed by atoms with Gasteiger partial charge in [0.05, 0.1) is 12.1 Å². The van der Waals surface area contributed by atoms with E-state index in [0.29, 0.717) is 19.4 Å². The molecular formula is C30H56N4O6. The van der Waals surface area contributed by atoms with Gasteiger partial charge in [0.15, 0.2) is 0 Å². The lowest BCUT2D eigenvalue weighted by molar-refractivity contribution is -0.131. The van der Waals surface area contributed by atoms with Gasteiger partial charge in [-0.15, -0.1) is 0 Å². The van der Waals surface area contributed by atoms with Gasteiger partial charge in [-0.05, 0) is 59.3 Å². The number of ether oxygens (including phenoxy) is 1. The number of nitrogens with one attached hydrogen (secondary N) is 4. The first-order chi connectivity index (χ1) is 18.7. The smallest absolute Gasteiger partial charge is 0.408 e. The maximum absolute atomic E-state index is 13.2. The Morgan fingerprint density at radius 1 is 1.02 bits per heavy atom. The molecule has 0 aromatic rings. The molecule has 6 unspecified atom stereocenters. The van der Waals surface area contributed by atoms with Crippen LogP contribution in [0.15, 0.2) is 0 Å². The van der Waals surface area contributed by atoms with Crippen LogP contribution in [0.5, 0.6) is 0 Å². The van der Waals surface area contributed by atoms with Gasteiger partial charge in [-0.2, -0.15) is 0 Å². The lowest BCUT2D eigenvalue weighted by Crippen LogP contribution is -2.55. The molecule has 0 aromatic heterocycles. The highest BCUT2D eigenvalue weighted by atomic mass is 16.6. The number of carbonyl (C=O) groups excluding carboxylic acids is 4. The van der Waals surface area contributed by atoms with E-state index in [2.05, 4.69) is 35.1 Å². The molecule has 1 saturated heterocycles. The van der Waals surface area contributed by atoms with Crippen molar-refractivity contribution in [1.29, 1.82) is 0 Å². The highest BCUT2D eigenvalue weighted by Crippen LogP contribution is 2.21. The van der Waals surface area contributed by atoms with E-state index in [4.69, 9.17) is 4.74 Å². The average Bonchev–Trinajstić information content (AvgIpc) is 2.85. The van der Waals surface area contributed by atoms with E-state index in [0.717, 1.165) is 51.4 Å². The summed E-state index contributed by atoms with van der Waals surface area (Å²) in [4.78, 5) is 51.1. The van der Waals surface area contributed by atoms with Crippen LogP contribution in [0.1, 0.15) is 119 Å². The Morgan fingerprint density at radius 2 is 1.65 bits per heavy atom. The Balaban J connectivity index is 2.97. The van der Waals surface area contributed by atoms with E-state index in [-0.39, 0.29) is 18.2 Å². The molecule has 1 fully saturated rings. The third-order valence-corrected chi connectivity index (χ3v) is 7.27. The molecule has 0 radical (unpaired) electrons. The van der Waals surface area contributed by atoms with E-state index in [1.807, 2.05) is 0 Å². The van der Waals surface area contributed by atoms with Gasteiger partial charge in [0.1, 0.15) is 17.7 Å². The van der Waals surface area contributed by atoms with Gasteiger partial charge in [-0.3, -0.25) is 14.4 Å². The van der Waals surface area contributed by atoms with Gasteiger partial charge < -0.3 is 31.1 Å². The van der Waals surface area contributed by atoms with Crippen LogP contribution in [0.4, 0.5) is 4.79 Å². The zero-order chi connectivity index (χ0) is 30.3. The first kappa shape index (κ1) is 35.7. The van der Waals surface area contributed by atoms with Crippen molar-refractivity contribution in [3.8, 4) is 0 Å². The quantitative estimate of drug-likeness (QED) is 0.280. The highest BCUT2D eigenvalue weighted by Gasteiger charge is 2.31. The topological polar surface area (TPSA) is 146 Å². The van der Waals surface area contributed by atoms with E-state index < -0.39 is 53.7 Å².